The van der Waals surface area contributed by atoms with Crippen LogP contribution in [0.2, 0.25) is 0 Å². The molecule has 0 atom stereocenters. The predicted molar refractivity (Wildman–Crippen MR) is 84.3 cm³/mol. The fraction of sp³-hybridized carbons (Fsp3) is 0.250. The highest BCUT2D eigenvalue weighted by molar-refractivity contribution is 5.98. The molecule has 1 aromatic heterocycles. The minimum absolute atomic E-state index is 0.125. The molecule has 0 aliphatic rings. The molecule has 0 saturated heterocycles. The molecule has 0 aliphatic heterocycles. The Hall–Kier alpha value is -3.16. The highest BCUT2D eigenvalue weighted by Crippen LogP contribution is 2.25. The van der Waals surface area contributed by atoms with E-state index < -0.39 is 5.97 Å². The van der Waals surface area contributed by atoms with Crippen LogP contribution in [0.1, 0.15) is 26.3 Å². The van der Waals surface area contributed by atoms with E-state index >= 15 is 0 Å². The summed E-state index contributed by atoms with van der Waals surface area (Å²) < 4.78 is 10.2. The van der Waals surface area contributed by atoms with Gasteiger partial charge in [-0.15, -0.1) is 0 Å². The molecule has 1 amide bonds. The van der Waals surface area contributed by atoms with Crippen LogP contribution >= 0.6 is 0 Å². The lowest BCUT2D eigenvalue weighted by molar-refractivity contribution is 0.0695. The zero-order valence-electron chi connectivity index (χ0n) is 13.5. The van der Waals surface area contributed by atoms with Crippen LogP contribution in [0.4, 0.5) is 0 Å². The average molecular weight is 331 g/mol. The van der Waals surface area contributed by atoms with Gasteiger partial charge in [-0.2, -0.15) is 0 Å². The van der Waals surface area contributed by atoms with Crippen LogP contribution < -0.4 is 9.47 Å². The van der Waals surface area contributed by atoms with E-state index in [1.165, 1.54) is 37.6 Å². The number of ether oxygens (including phenoxy) is 2. The summed E-state index contributed by atoms with van der Waals surface area (Å²) in [6, 6.07) is 6.29. The number of methoxy groups -OCH3 is 2. The number of nitrogens with zero attached hydrogens (tertiary/aromatic N) is 3. The molecule has 1 N–H and O–H groups in total. The number of hydrogen-bond acceptors (Lipinski definition) is 6. The molecule has 1 heterocycles. The Kier molecular flexibility index (Phi) is 5.31. The van der Waals surface area contributed by atoms with Crippen molar-refractivity contribution in [1.82, 2.24) is 14.9 Å². The van der Waals surface area contributed by atoms with E-state index in [1.54, 1.807) is 19.2 Å². The van der Waals surface area contributed by atoms with E-state index in [4.69, 9.17) is 14.6 Å². The van der Waals surface area contributed by atoms with Gasteiger partial charge in [0, 0.05) is 13.6 Å². The van der Waals surface area contributed by atoms with Crippen molar-refractivity contribution < 1.29 is 24.2 Å². The smallest absolute Gasteiger partial charge is 0.335 e. The molecule has 0 radical (unpaired) electrons. The van der Waals surface area contributed by atoms with Crippen molar-refractivity contribution in [2.75, 3.05) is 21.3 Å². The average Bonchev–Trinajstić information content (AvgIpc) is 2.60. The molecule has 8 heteroatoms. The van der Waals surface area contributed by atoms with Crippen molar-refractivity contribution in [3.05, 3.63) is 47.3 Å². The largest absolute Gasteiger partial charge is 0.480 e. The first kappa shape index (κ1) is 17.2. The molecule has 8 nitrogen and oxygen atoms in total. The van der Waals surface area contributed by atoms with Gasteiger partial charge < -0.3 is 19.5 Å². The maximum atomic E-state index is 12.7. The Morgan fingerprint density at radius 3 is 2.08 bits per heavy atom. The topological polar surface area (TPSA) is 102 Å². The maximum Gasteiger partial charge on any atom is 0.335 e. The Morgan fingerprint density at radius 2 is 1.62 bits per heavy atom. The van der Waals surface area contributed by atoms with E-state index in [0.29, 0.717) is 0 Å². The van der Waals surface area contributed by atoms with Gasteiger partial charge in [0.25, 0.3) is 5.91 Å². The molecule has 0 spiro atoms. The van der Waals surface area contributed by atoms with Crippen molar-refractivity contribution in [3.63, 3.8) is 0 Å². The van der Waals surface area contributed by atoms with Gasteiger partial charge in [-0.1, -0.05) is 12.1 Å². The van der Waals surface area contributed by atoms with Crippen molar-refractivity contribution in [1.29, 1.82) is 0 Å². The molecule has 0 bridgehead atoms. The lowest BCUT2D eigenvalue weighted by atomic mass is 10.1. The molecule has 0 aliphatic carbocycles. The van der Waals surface area contributed by atoms with Gasteiger partial charge in [-0.05, 0) is 17.7 Å². The third-order valence-corrected chi connectivity index (χ3v) is 3.35. The first-order valence-electron chi connectivity index (χ1n) is 6.98. The van der Waals surface area contributed by atoms with Crippen LogP contribution in [-0.2, 0) is 6.54 Å². The molecule has 1 aromatic carbocycles. The lowest BCUT2D eigenvalue weighted by Crippen LogP contribution is -2.27. The molecule has 126 valence electrons. The fourth-order valence-corrected chi connectivity index (χ4v) is 2.14. The second kappa shape index (κ2) is 7.40. The Morgan fingerprint density at radius 1 is 1.08 bits per heavy atom. The van der Waals surface area contributed by atoms with Gasteiger partial charge in [0.2, 0.25) is 11.8 Å². The summed E-state index contributed by atoms with van der Waals surface area (Å²) >= 11 is 0. The molecular weight excluding hydrogens is 314 g/mol. The van der Waals surface area contributed by atoms with Crippen molar-refractivity contribution in [2.45, 2.75) is 6.54 Å². The van der Waals surface area contributed by atoms with Crippen LogP contribution in [0.5, 0.6) is 11.8 Å². The first-order chi connectivity index (χ1) is 11.5. The second-order valence-corrected chi connectivity index (χ2v) is 4.93. The molecule has 0 unspecified atom stereocenters. The summed E-state index contributed by atoms with van der Waals surface area (Å²) in [6.45, 7) is 0.278. The van der Waals surface area contributed by atoms with Gasteiger partial charge >= 0.3 is 5.97 Å². The molecule has 2 aromatic rings. The fourth-order valence-electron chi connectivity index (χ4n) is 2.14. The normalized spacial score (nSPS) is 10.1. The van der Waals surface area contributed by atoms with Crippen LogP contribution in [0.25, 0.3) is 0 Å². The van der Waals surface area contributed by atoms with Crippen LogP contribution in [0.15, 0.2) is 30.6 Å². The number of amides is 1. The van der Waals surface area contributed by atoms with Crippen molar-refractivity contribution in [3.8, 4) is 11.8 Å². The summed E-state index contributed by atoms with van der Waals surface area (Å²) in [4.78, 5) is 32.8. The minimum atomic E-state index is -0.998. The van der Waals surface area contributed by atoms with E-state index in [1.807, 2.05) is 0 Å². The number of aromatic nitrogens is 2. The Labute approximate surface area is 138 Å². The van der Waals surface area contributed by atoms with Crippen LogP contribution in [0.3, 0.4) is 0 Å². The van der Waals surface area contributed by atoms with Gasteiger partial charge in [0.1, 0.15) is 6.33 Å². The molecule has 2 rings (SSSR count). The molecule has 0 saturated carbocycles. The highest BCUT2D eigenvalue weighted by Gasteiger charge is 2.24. The Balaban J connectivity index is 2.22. The summed E-state index contributed by atoms with van der Waals surface area (Å²) in [5.41, 5.74) is 1.10. The summed E-state index contributed by atoms with van der Waals surface area (Å²) in [5, 5.41) is 8.90. The predicted octanol–water partition coefficient (Wildman–Crippen LogP) is 1.46. The zero-order chi connectivity index (χ0) is 17.7. The second-order valence-electron chi connectivity index (χ2n) is 4.93. The number of aromatic carboxylic acids is 1. The van der Waals surface area contributed by atoms with Gasteiger partial charge in [0.15, 0.2) is 5.56 Å². The first-order valence-corrected chi connectivity index (χ1v) is 6.98. The number of benzene rings is 1. The minimum Gasteiger partial charge on any atom is -0.480 e. The monoisotopic (exact) mass is 331 g/mol. The zero-order valence-corrected chi connectivity index (χ0v) is 13.5. The van der Waals surface area contributed by atoms with Gasteiger partial charge in [-0.25, -0.2) is 14.8 Å². The van der Waals surface area contributed by atoms with Gasteiger partial charge in [0.05, 0.1) is 19.8 Å². The van der Waals surface area contributed by atoms with E-state index in [2.05, 4.69) is 9.97 Å². The number of hydrogen-bond donors (Lipinski definition) is 1. The van der Waals surface area contributed by atoms with E-state index in [0.717, 1.165) is 5.56 Å². The maximum absolute atomic E-state index is 12.7. The van der Waals surface area contributed by atoms with Crippen LogP contribution in [-0.4, -0.2) is 53.1 Å². The number of carbonyl (C=O) groups excluding carboxylic acids is 1. The molecule has 0 fully saturated rings. The lowest BCUT2D eigenvalue weighted by Gasteiger charge is -2.19. The summed E-state index contributed by atoms with van der Waals surface area (Å²) in [7, 11) is 4.42. The standard InChI is InChI=1S/C16H17N3O5/c1-19(8-10-4-6-11(7-5-10)16(21)22)15(20)12-13(23-2)17-9-18-14(12)24-3/h4-7,9H,8H2,1-3H3,(H,21,22). The number of carboxylic acid groups (broad SMARTS) is 1. The van der Waals surface area contributed by atoms with Crippen LogP contribution in [0, 0.1) is 0 Å². The third-order valence-electron chi connectivity index (χ3n) is 3.35. The van der Waals surface area contributed by atoms with E-state index in [9.17, 15) is 9.59 Å². The number of rotatable bonds is 6. The third kappa shape index (κ3) is 3.60. The SMILES string of the molecule is COc1ncnc(OC)c1C(=O)N(C)Cc1ccc(C(=O)O)cc1. The highest BCUT2D eigenvalue weighted by atomic mass is 16.5. The molecule has 24 heavy (non-hydrogen) atoms. The Bertz CT molecular complexity index is 724. The number of carboxylic acids is 1. The molecular formula is C16H17N3O5. The summed E-state index contributed by atoms with van der Waals surface area (Å²) in [5.74, 6) is -1.12. The van der Waals surface area contributed by atoms with Gasteiger partial charge in [-0.3, -0.25) is 4.79 Å². The summed E-state index contributed by atoms with van der Waals surface area (Å²) in [6.07, 6.45) is 1.25. The number of carbonyl (C=O) groups is 2. The quantitative estimate of drug-likeness (QED) is 0.855. The van der Waals surface area contributed by atoms with Crippen molar-refractivity contribution in [2.24, 2.45) is 0 Å². The van der Waals surface area contributed by atoms with Crippen molar-refractivity contribution >= 4 is 11.9 Å². The van der Waals surface area contributed by atoms with E-state index in [-0.39, 0.29) is 35.3 Å².